The van der Waals surface area contributed by atoms with Crippen molar-refractivity contribution in [3.63, 3.8) is 0 Å². The summed E-state index contributed by atoms with van der Waals surface area (Å²) in [7, 11) is -4.11. The van der Waals surface area contributed by atoms with Crippen molar-refractivity contribution in [2.75, 3.05) is 51.0 Å². The van der Waals surface area contributed by atoms with Crippen LogP contribution >= 0.6 is 11.3 Å². The summed E-state index contributed by atoms with van der Waals surface area (Å²) in [4.78, 5) is 16.3. The number of hydrogen-bond donors (Lipinski definition) is 1. The van der Waals surface area contributed by atoms with Gasteiger partial charge in [0, 0.05) is 43.2 Å². The van der Waals surface area contributed by atoms with Gasteiger partial charge in [-0.15, -0.1) is 10.2 Å². The highest BCUT2D eigenvalue weighted by Gasteiger charge is 2.43. The minimum atomic E-state index is -4.11. The van der Waals surface area contributed by atoms with Crippen molar-refractivity contribution < 1.29 is 22.3 Å². The van der Waals surface area contributed by atoms with Gasteiger partial charge in [-0.05, 0) is 18.2 Å². The molecule has 0 bridgehead atoms. The molecular weight excluding hydrogens is 521 g/mol. The summed E-state index contributed by atoms with van der Waals surface area (Å²) in [5, 5.41) is 14.5. The lowest BCUT2D eigenvalue weighted by Gasteiger charge is -2.39. The van der Waals surface area contributed by atoms with E-state index in [9.17, 15) is 17.6 Å². The van der Waals surface area contributed by atoms with Gasteiger partial charge in [-0.2, -0.15) is 9.82 Å². The Morgan fingerprint density at radius 2 is 2.00 bits per heavy atom. The zero-order valence-electron chi connectivity index (χ0n) is 20.6. The maximum absolute atomic E-state index is 13.7. The number of halogens is 1. The van der Waals surface area contributed by atoms with Crippen LogP contribution in [0.15, 0.2) is 29.8 Å². The van der Waals surface area contributed by atoms with Crippen LogP contribution in [0.1, 0.15) is 18.9 Å². The normalized spacial score (nSPS) is 17.8. The molecule has 0 spiro atoms. The van der Waals surface area contributed by atoms with E-state index in [0.717, 1.165) is 5.39 Å². The van der Waals surface area contributed by atoms with Crippen LogP contribution < -0.4 is 9.62 Å². The van der Waals surface area contributed by atoms with Gasteiger partial charge in [-0.3, -0.25) is 4.79 Å². The molecule has 5 rings (SSSR count). The number of carbonyl (C=O) groups excluding carboxylic acids is 1. The highest BCUT2D eigenvalue weighted by atomic mass is 32.2. The molecule has 0 radical (unpaired) electrons. The van der Waals surface area contributed by atoms with E-state index in [1.54, 1.807) is 23.0 Å². The SMILES string of the molecule is C=Cc1nnc(-n2ncc3c(N4CCN(C(=O)C(C)C)CC4)cc(S(=O)(=O)NC4(CF)COC4)cc32)s1. The number of fused-ring (bicyclic) bond motifs is 1. The Hall–Kier alpha value is -2.94. The first-order valence-corrected chi connectivity index (χ1v) is 14.2. The van der Waals surface area contributed by atoms with E-state index in [1.807, 2.05) is 23.6 Å². The van der Waals surface area contributed by atoms with E-state index in [1.165, 1.54) is 17.4 Å². The fourth-order valence-electron chi connectivity index (χ4n) is 4.44. The van der Waals surface area contributed by atoms with Crippen LogP contribution in [0.2, 0.25) is 0 Å². The summed E-state index contributed by atoms with van der Waals surface area (Å²) < 4.78 is 49.7. The fourth-order valence-corrected chi connectivity index (χ4v) is 6.49. The van der Waals surface area contributed by atoms with Gasteiger partial charge in [-0.1, -0.05) is 31.8 Å². The van der Waals surface area contributed by atoms with Crippen molar-refractivity contribution in [3.8, 4) is 5.13 Å². The molecule has 14 heteroatoms. The summed E-state index contributed by atoms with van der Waals surface area (Å²) in [5.74, 6) is -0.00613. The molecule has 1 N–H and O–H groups in total. The second-order valence-electron chi connectivity index (χ2n) is 9.54. The van der Waals surface area contributed by atoms with Crippen molar-refractivity contribution in [1.82, 2.24) is 29.6 Å². The third kappa shape index (κ3) is 4.74. The number of benzene rings is 1. The molecule has 37 heavy (non-hydrogen) atoms. The number of alkyl halides is 1. The Labute approximate surface area is 218 Å². The largest absolute Gasteiger partial charge is 0.377 e. The van der Waals surface area contributed by atoms with E-state index >= 15 is 0 Å². The molecule has 4 heterocycles. The molecule has 2 aromatic heterocycles. The molecule has 0 atom stereocenters. The first-order chi connectivity index (χ1) is 17.7. The number of nitrogens with one attached hydrogen (secondary N) is 1. The lowest BCUT2D eigenvalue weighted by molar-refractivity contribution is -0.134. The molecule has 0 saturated carbocycles. The van der Waals surface area contributed by atoms with Crippen molar-refractivity contribution in [1.29, 1.82) is 0 Å². The van der Waals surface area contributed by atoms with Crippen LogP contribution in [-0.2, 0) is 19.6 Å². The van der Waals surface area contributed by atoms with Gasteiger partial charge >= 0.3 is 0 Å². The third-order valence-electron chi connectivity index (χ3n) is 6.53. The third-order valence-corrected chi connectivity index (χ3v) is 8.98. The smallest absolute Gasteiger partial charge is 0.241 e. The van der Waals surface area contributed by atoms with Crippen molar-refractivity contribution in [2.24, 2.45) is 5.92 Å². The zero-order valence-corrected chi connectivity index (χ0v) is 22.2. The number of sulfonamides is 1. The Kier molecular flexibility index (Phi) is 6.77. The van der Waals surface area contributed by atoms with Gasteiger partial charge in [0.15, 0.2) is 0 Å². The number of aromatic nitrogens is 4. The lowest BCUT2D eigenvalue weighted by atomic mass is 10.0. The van der Waals surface area contributed by atoms with E-state index < -0.39 is 22.2 Å². The molecule has 0 aliphatic carbocycles. The summed E-state index contributed by atoms with van der Waals surface area (Å²) in [6.45, 7) is 8.60. The Balaban J connectivity index is 1.57. The molecule has 2 saturated heterocycles. The van der Waals surface area contributed by atoms with Crippen LogP contribution in [0.5, 0.6) is 0 Å². The van der Waals surface area contributed by atoms with Gasteiger partial charge < -0.3 is 14.5 Å². The first-order valence-electron chi connectivity index (χ1n) is 11.9. The maximum Gasteiger partial charge on any atom is 0.241 e. The Morgan fingerprint density at radius 3 is 2.57 bits per heavy atom. The number of nitrogens with zero attached hydrogens (tertiary/aromatic N) is 6. The minimum Gasteiger partial charge on any atom is -0.377 e. The predicted molar refractivity (Wildman–Crippen MR) is 138 cm³/mol. The average Bonchev–Trinajstić information content (AvgIpc) is 3.52. The zero-order chi connectivity index (χ0) is 26.4. The van der Waals surface area contributed by atoms with E-state index in [2.05, 4.69) is 26.6 Å². The van der Waals surface area contributed by atoms with Gasteiger partial charge in [0.2, 0.25) is 21.1 Å². The van der Waals surface area contributed by atoms with Crippen LogP contribution in [0, 0.1) is 5.92 Å². The second kappa shape index (κ2) is 9.74. The van der Waals surface area contributed by atoms with Crippen LogP contribution in [0.4, 0.5) is 10.1 Å². The molecule has 2 fully saturated rings. The maximum atomic E-state index is 13.7. The Bertz CT molecular complexity index is 1430. The van der Waals surface area contributed by atoms with Gasteiger partial charge in [0.05, 0.1) is 29.8 Å². The molecule has 11 nitrogen and oxygen atoms in total. The highest BCUT2D eigenvalue weighted by Crippen LogP contribution is 2.34. The number of ether oxygens (including phenoxy) is 1. The summed E-state index contributed by atoms with van der Waals surface area (Å²) in [6.07, 6.45) is 3.24. The number of rotatable bonds is 8. The summed E-state index contributed by atoms with van der Waals surface area (Å²) in [5.41, 5.74) is -0.0901. The number of hydrogen-bond acceptors (Lipinski definition) is 9. The van der Waals surface area contributed by atoms with Crippen molar-refractivity contribution in [3.05, 3.63) is 29.9 Å². The standard InChI is InChI=1S/C23H28FN7O4S2/c1-4-20-26-27-22(36-20)31-19-10-16(37(33,34)28-23(12-24)13-35-14-23)9-18(17(19)11-25-31)29-5-7-30(8-6-29)21(32)15(2)3/h4,9-11,15,28H,1,5-8,12-14H2,2-3H3. The minimum absolute atomic E-state index is 0.0226. The van der Waals surface area contributed by atoms with E-state index in [0.29, 0.717) is 47.5 Å². The molecule has 1 amide bonds. The number of carbonyl (C=O) groups is 1. The topological polar surface area (TPSA) is 123 Å². The monoisotopic (exact) mass is 549 g/mol. The van der Waals surface area contributed by atoms with Crippen LogP contribution in [0.3, 0.4) is 0 Å². The molecule has 0 unspecified atom stereocenters. The van der Waals surface area contributed by atoms with Gasteiger partial charge in [0.25, 0.3) is 0 Å². The number of piperazine rings is 1. The molecule has 2 aliphatic heterocycles. The predicted octanol–water partition coefficient (Wildman–Crippen LogP) is 1.84. The summed E-state index contributed by atoms with van der Waals surface area (Å²) in [6, 6.07) is 3.09. The molecule has 2 aliphatic rings. The van der Waals surface area contributed by atoms with Gasteiger partial charge in [0.1, 0.15) is 17.2 Å². The molecule has 1 aromatic carbocycles. The Morgan fingerprint density at radius 1 is 1.27 bits per heavy atom. The van der Waals surface area contributed by atoms with Crippen LogP contribution in [0.25, 0.3) is 22.1 Å². The molecule has 198 valence electrons. The first kappa shape index (κ1) is 25.7. The van der Waals surface area contributed by atoms with Gasteiger partial charge in [-0.25, -0.2) is 17.5 Å². The second-order valence-corrected chi connectivity index (χ2v) is 12.2. The summed E-state index contributed by atoms with van der Waals surface area (Å²) >= 11 is 1.26. The number of anilines is 1. The lowest BCUT2D eigenvalue weighted by Crippen LogP contribution is -2.63. The quantitative estimate of drug-likeness (QED) is 0.452. The molecular formula is C23H28FN7O4S2. The van der Waals surface area contributed by atoms with Crippen LogP contribution in [-0.4, -0.2) is 90.8 Å². The highest BCUT2D eigenvalue weighted by molar-refractivity contribution is 7.89. The van der Waals surface area contributed by atoms with Crippen molar-refractivity contribution in [2.45, 2.75) is 24.3 Å². The van der Waals surface area contributed by atoms with Crippen molar-refractivity contribution >= 4 is 49.9 Å². The molecule has 3 aromatic rings. The van der Waals surface area contributed by atoms with E-state index in [4.69, 9.17) is 4.74 Å². The average molecular weight is 550 g/mol. The number of amides is 1. The fraction of sp³-hybridized carbons (Fsp3) is 0.478. The van der Waals surface area contributed by atoms with E-state index in [-0.39, 0.29) is 29.9 Å².